The minimum atomic E-state index is 0.560. The minimum absolute atomic E-state index is 0.560. The maximum absolute atomic E-state index is 5.66. The van der Waals surface area contributed by atoms with Crippen molar-refractivity contribution in [3.05, 3.63) is 24.3 Å². The zero-order valence-electron chi connectivity index (χ0n) is 15.3. The molecule has 0 atom stereocenters. The molecule has 136 valence electrons. The third-order valence-corrected chi connectivity index (χ3v) is 3.16. The van der Waals surface area contributed by atoms with Crippen molar-refractivity contribution in [2.75, 3.05) is 47.1 Å². The zero-order chi connectivity index (χ0) is 17.6. The lowest BCUT2D eigenvalue weighted by molar-refractivity contribution is 0.108. The molecule has 6 heteroatoms. The minimum Gasteiger partial charge on any atom is -0.497 e. The fourth-order valence-corrected chi connectivity index (χ4v) is 1.93. The number of aliphatic imine (C=N–C) groups is 1. The summed E-state index contributed by atoms with van der Waals surface area (Å²) in [4.78, 5) is 4.18. The first kappa shape index (κ1) is 20.1. The number of hydrogen-bond donors (Lipinski definition) is 2. The maximum atomic E-state index is 5.66. The van der Waals surface area contributed by atoms with E-state index in [-0.39, 0.29) is 0 Å². The molecule has 0 saturated heterocycles. The summed E-state index contributed by atoms with van der Waals surface area (Å²) in [5.41, 5.74) is 0. The molecule has 0 aliphatic rings. The number of hydrogen-bond acceptors (Lipinski definition) is 4. The van der Waals surface area contributed by atoms with Gasteiger partial charge in [-0.1, -0.05) is 13.8 Å². The number of benzene rings is 1. The lowest BCUT2D eigenvalue weighted by atomic mass is 10.2. The Kier molecular flexibility index (Phi) is 10.4. The number of rotatable bonds is 11. The fourth-order valence-electron chi connectivity index (χ4n) is 1.93. The van der Waals surface area contributed by atoms with E-state index in [9.17, 15) is 0 Å². The predicted molar refractivity (Wildman–Crippen MR) is 98.1 cm³/mol. The van der Waals surface area contributed by atoms with Gasteiger partial charge in [-0.05, 0) is 36.6 Å². The van der Waals surface area contributed by atoms with Gasteiger partial charge in [-0.25, -0.2) is 0 Å². The van der Waals surface area contributed by atoms with Crippen LogP contribution < -0.4 is 20.1 Å². The number of methoxy groups -OCH3 is 1. The van der Waals surface area contributed by atoms with Crippen LogP contribution in [0, 0.1) is 5.92 Å². The first-order chi connectivity index (χ1) is 11.7. The van der Waals surface area contributed by atoms with E-state index in [2.05, 4.69) is 29.5 Å². The van der Waals surface area contributed by atoms with E-state index in [1.165, 1.54) is 0 Å². The summed E-state index contributed by atoms with van der Waals surface area (Å²) in [6.07, 6.45) is 0.954. The lowest BCUT2D eigenvalue weighted by Crippen LogP contribution is -2.39. The highest BCUT2D eigenvalue weighted by atomic mass is 16.5. The van der Waals surface area contributed by atoms with Crippen molar-refractivity contribution in [1.29, 1.82) is 0 Å². The monoisotopic (exact) mass is 337 g/mol. The topological polar surface area (TPSA) is 64.1 Å². The smallest absolute Gasteiger partial charge is 0.191 e. The quantitative estimate of drug-likeness (QED) is 0.368. The van der Waals surface area contributed by atoms with Crippen LogP contribution in [0.15, 0.2) is 29.3 Å². The van der Waals surface area contributed by atoms with Crippen LogP contribution in [-0.4, -0.2) is 53.0 Å². The van der Waals surface area contributed by atoms with Gasteiger partial charge in [0.2, 0.25) is 0 Å². The summed E-state index contributed by atoms with van der Waals surface area (Å²) in [6.45, 7) is 7.95. The molecule has 0 radical (unpaired) electrons. The lowest BCUT2D eigenvalue weighted by Gasteiger charge is -2.13. The van der Waals surface area contributed by atoms with Crippen LogP contribution in [0.1, 0.15) is 20.3 Å². The van der Waals surface area contributed by atoms with Crippen LogP contribution in [0.5, 0.6) is 11.5 Å². The predicted octanol–water partition coefficient (Wildman–Crippen LogP) is 2.30. The second-order valence-electron chi connectivity index (χ2n) is 5.77. The van der Waals surface area contributed by atoms with Crippen LogP contribution in [0.2, 0.25) is 0 Å². The molecule has 0 aliphatic heterocycles. The summed E-state index contributed by atoms with van der Waals surface area (Å²) in [5.74, 6) is 3.00. The number of guanidine groups is 1. The number of ether oxygens (including phenoxy) is 3. The van der Waals surface area contributed by atoms with Gasteiger partial charge in [0, 0.05) is 26.8 Å². The Balaban J connectivity index is 2.08. The van der Waals surface area contributed by atoms with Crippen LogP contribution in [-0.2, 0) is 4.74 Å². The average molecular weight is 337 g/mol. The third kappa shape index (κ3) is 9.25. The molecule has 1 aromatic carbocycles. The second kappa shape index (κ2) is 12.5. The van der Waals surface area contributed by atoms with E-state index in [0.29, 0.717) is 19.1 Å². The van der Waals surface area contributed by atoms with Gasteiger partial charge >= 0.3 is 0 Å². The molecule has 0 unspecified atom stereocenters. The Bertz CT molecular complexity index is 461. The van der Waals surface area contributed by atoms with Gasteiger partial charge in [0.15, 0.2) is 5.96 Å². The molecule has 0 heterocycles. The standard InChI is InChI=1S/C18H31N3O3/c1-15(2)14-23-12-5-10-20-18(19-3)21-11-13-24-17-8-6-16(22-4)7-9-17/h6-9,15H,5,10-14H2,1-4H3,(H2,19,20,21). The molecular formula is C18H31N3O3. The molecule has 0 bridgehead atoms. The van der Waals surface area contributed by atoms with Crippen molar-refractivity contribution in [3.63, 3.8) is 0 Å². The molecule has 0 aromatic heterocycles. The van der Waals surface area contributed by atoms with Gasteiger partial charge in [-0.3, -0.25) is 4.99 Å². The summed E-state index contributed by atoms with van der Waals surface area (Å²) in [5, 5.41) is 6.48. The van der Waals surface area contributed by atoms with Gasteiger partial charge in [0.1, 0.15) is 18.1 Å². The molecule has 1 aromatic rings. The number of nitrogens with one attached hydrogen (secondary N) is 2. The molecule has 24 heavy (non-hydrogen) atoms. The molecule has 6 nitrogen and oxygen atoms in total. The number of nitrogens with zero attached hydrogens (tertiary/aromatic N) is 1. The molecule has 2 N–H and O–H groups in total. The molecule has 1 rings (SSSR count). The van der Waals surface area contributed by atoms with Crippen LogP contribution >= 0.6 is 0 Å². The summed E-state index contributed by atoms with van der Waals surface area (Å²) in [7, 11) is 3.41. The van der Waals surface area contributed by atoms with E-state index < -0.39 is 0 Å². The SMILES string of the molecule is CN=C(NCCCOCC(C)C)NCCOc1ccc(OC)cc1. The van der Waals surface area contributed by atoms with Crippen LogP contribution in [0.3, 0.4) is 0 Å². The maximum Gasteiger partial charge on any atom is 0.191 e. The van der Waals surface area contributed by atoms with Crippen molar-refractivity contribution in [2.45, 2.75) is 20.3 Å². The van der Waals surface area contributed by atoms with Gasteiger partial charge in [-0.2, -0.15) is 0 Å². The molecule has 0 aliphatic carbocycles. The molecule has 0 amide bonds. The van der Waals surface area contributed by atoms with E-state index in [1.54, 1.807) is 14.2 Å². The third-order valence-electron chi connectivity index (χ3n) is 3.16. The first-order valence-corrected chi connectivity index (χ1v) is 8.44. The van der Waals surface area contributed by atoms with Crippen LogP contribution in [0.4, 0.5) is 0 Å². The van der Waals surface area contributed by atoms with Crippen molar-refractivity contribution >= 4 is 5.96 Å². The van der Waals surface area contributed by atoms with Crippen molar-refractivity contribution in [2.24, 2.45) is 10.9 Å². The Morgan fingerprint density at radius 2 is 1.71 bits per heavy atom. The van der Waals surface area contributed by atoms with Crippen LogP contribution in [0.25, 0.3) is 0 Å². The van der Waals surface area contributed by atoms with E-state index >= 15 is 0 Å². The zero-order valence-corrected chi connectivity index (χ0v) is 15.3. The molecule has 0 saturated carbocycles. The van der Waals surface area contributed by atoms with Crippen molar-refractivity contribution in [3.8, 4) is 11.5 Å². The summed E-state index contributed by atoms with van der Waals surface area (Å²) < 4.78 is 16.3. The Labute approximate surface area is 145 Å². The molecule has 0 fully saturated rings. The largest absolute Gasteiger partial charge is 0.497 e. The van der Waals surface area contributed by atoms with E-state index in [4.69, 9.17) is 14.2 Å². The highest BCUT2D eigenvalue weighted by molar-refractivity contribution is 5.79. The molecular weight excluding hydrogens is 306 g/mol. The van der Waals surface area contributed by atoms with Crippen molar-refractivity contribution in [1.82, 2.24) is 10.6 Å². The van der Waals surface area contributed by atoms with E-state index in [1.807, 2.05) is 24.3 Å². The van der Waals surface area contributed by atoms with Gasteiger partial charge in [0.05, 0.1) is 13.7 Å². The van der Waals surface area contributed by atoms with Gasteiger partial charge in [-0.15, -0.1) is 0 Å². The van der Waals surface area contributed by atoms with Crippen molar-refractivity contribution < 1.29 is 14.2 Å². The second-order valence-corrected chi connectivity index (χ2v) is 5.77. The highest BCUT2D eigenvalue weighted by Gasteiger charge is 1.99. The van der Waals surface area contributed by atoms with E-state index in [0.717, 1.165) is 43.6 Å². The fraction of sp³-hybridized carbons (Fsp3) is 0.611. The normalized spacial score (nSPS) is 11.5. The first-order valence-electron chi connectivity index (χ1n) is 8.44. The molecule has 0 spiro atoms. The average Bonchev–Trinajstić information content (AvgIpc) is 2.60. The van der Waals surface area contributed by atoms with Gasteiger partial charge in [0.25, 0.3) is 0 Å². The summed E-state index contributed by atoms with van der Waals surface area (Å²) >= 11 is 0. The highest BCUT2D eigenvalue weighted by Crippen LogP contribution is 2.16. The van der Waals surface area contributed by atoms with Gasteiger partial charge < -0.3 is 24.8 Å². The Morgan fingerprint density at radius 1 is 1.04 bits per heavy atom. The Morgan fingerprint density at radius 3 is 2.33 bits per heavy atom. The summed E-state index contributed by atoms with van der Waals surface area (Å²) in [6, 6.07) is 7.54. The Hall–Kier alpha value is -1.95.